The number of halogens is 2. The molecule has 0 amide bonds. The quantitative estimate of drug-likeness (QED) is 0.873. The highest BCUT2D eigenvalue weighted by atomic mass is 19.1. The molecule has 0 aromatic heterocycles. The van der Waals surface area contributed by atoms with Crippen molar-refractivity contribution >= 4 is 0 Å². The van der Waals surface area contributed by atoms with Crippen molar-refractivity contribution in [2.75, 3.05) is 6.54 Å². The standard InChI is InChI=1S/C16H15F2N/c17-14-7-11(8-15(18)9-14)6-12-2-1-3-13-10-19-5-4-16(12)13/h1-3,7-9,19H,4-6,10H2. The first kappa shape index (κ1) is 12.3. The van der Waals surface area contributed by atoms with Crippen LogP contribution in [-0.4, -0.2) is 6.54 Å². The number of hydrogen-bond acceptors (Lipinski definition) is 1. The van der Waals surface area contributed by atoms with Gasteiger partial charge in [-0.05, 0) is 53.8 Å². The zero-order chi connectivity index (χ0) is 13.2. The van der Waals surface area contributed by atoms with Crippen LogP contribution in [-0.2, 0) is 19.4 Å². The Morgan fingerprint density at radius 1 is 1.05 bits per heavy atom. The fourth-order valence-electron chi connectivity index (χ4n) is 2.71. The lowest BCUT2D eigenvalue weighted by Gasteiger charge is -2.20. The molecule has 1 heterocycles. The first-order valence-corrected chi connectivity index (χ1v) is 6.48. The van der Waals surface area contributed by atoms with Crippen LogP contribution in [0.4, 0.5) is 8.78 Å². The molecule has 19 heavy (non-hydrogen) atoms. The summed E-state index contributed by atoms with van der Waals surface area (Å²) in [7, 11) is 0. The maximum absolute atomic E-state index is 13.2. The van der Waals surface area contributed by atoms with E-state index in [0.29, 0.717) is 12.0 Å². The van der Waals surface area contributed by atoms with Gasteiger partial charge in [-0.3, -0.25) is 0 Å². The van der Waals surface area contributed by atoms with E-state index in [-0.39, 0.29) is 0 Å². The van der Waals surface area contributed by atoms with Crippen LogP contribution < -0.4 is 5.32 Å². The number of hydrogen-bond donors (Lipinski definition) is 1. The van der Waals surface area contributed by atoms with Gasteiger partial charge in [0.1, 0.15) is 11.6 Å². The van der Waals surface area contributed by atoms with Gasteiger partial charge in [0, 0.05) is 12.6 Å². The monoisotopic (exact) mass is 259 g/mol. The molecule has 2 aromatic carbocycles. The Kier molecular flexibility index (Phi) is 3.30. The minimum atomic E-state index is -0.513. The molecule has 0 radical (unpaired) electrons. The molecule has 0 bridgehead atoms. The number of nitrogens with one attached hydrogen (secondary N) is 1. The van der Waals surface area contributed by atoms with Gasteiger partial charge in [-0.15, -0.1) is 0 Å². The highest BCUT2D eigenvalue weighted by Crippen LogP contribution is 2.22. The molecule has 3 rings (SSSR count). The number of benzene rings is 2. The first-order chi connectivity index (χ1) is 9.22. The van der Waals surface area contributed by atoms with Gasteiger partial charge in [0.15, 0.2) is 0 Å². The molecule has 0 atom stereocenters. The lowest BCUT2D eigenvalue weighted by atomic mass is 9.92. The minimum absolute atomic E-state index is 0.513. The van der Waals surface area contributed by atoms with Crippen LogP contribution in [0.25, 0.3) is 0 Å². The van der Waals surface area contributed by atoms with E-state index < -0.39 is 11.6 Å². The second-order valence-electron chi connectivity index (χ2n) is 4.94. The van der Waals surface area contributed by atoms with Crippen LogP contribution in [0.2, 0.25) is 0 Å². The summed E-state index contributed by atoms with van der Waals surface area (Å²) in [5, 5.41) is 3.33. The Balaban J connectivity index is 1.95. The molecule has 98 valence electrons. The maximum Gasteiger partial charge on any atom is 0.126 e. The van der Waals surface area contributed by atoms with E-state index in [4.69, 9.17) is 0 Å². The van der Waals surface area contributed by atoms with E-state index in [1.165, 1.54) is 28.8 Å². The zero-order valence-corrected chi connectivity index (χ0v) is 10.5. The predicted molar refractivity (Wildman–Crippen MR) is 71.0 cm³/mol. The molecule has 1 nitrogen and oxygen atoms in total. The van der Waals surface area contributed by atoms with Crippen LogP contribution in [0.1, 0.15) is 22.3 Å². The van der Waals surface area contributed by atoms with Crippen LogP contribution in [0.5, 0.6) is 0 Å². The largest absolute Gasteiger partial charge is 0.312 e. The Morgan fingerprint density at radius 3 is 2.63 bits per heavy atom. The average molecular weight is 259 g/mol. The molecule has 1 N–H and O–H groups in total. The summed E-state index contributed by atoms with van der Waals surface area (Å²) >= 11 is 0. The third kappa shape index (κ3) is 2.66. The van der Waals surface area contributed by atoms with E-state index in [1.807, 2.05) is 12.1 Å². The lowest BCUT2D eigenvalue weighted by Crippen LogP contribution is -2.24. The molecule has 0 spiro atoms. The summed E-state index contributed by atoms with van der Waals surface area (Å²) < 4.78 is 26.4. The lowest BCUT2D eigenvalue weighted by molar-refractivity contribution is 0.580. The van der Waals surface area contributed by atoms with E-state index >= 15 is 0 Å². The topological polar surface area (TPSA) is 12.0 Å². The molecule has 2 aromatic rings. The maximum atomic E-state index is 13.2. The highest BCUT2D eigenvalue weighted by Gasteiger charge is 2.13. The summed E-state index contributed by atoms with van der Waals surface area (Å²) in [6.45, 7) is 1.84. The fourth-order valence-corrected chi connectivity index (χ4v) is 2.71. The summed E-state index contributed by atoms with van der Waals surface area (Å²) in [6.07, 6.45) is 1.56. The summed E-state index contributed by atoms with van der Waals surface area (Å²) in [5.74, 6) is -1.03. The zero-order valence-electron chi connectivity index (χ0n) is 10.5. The molecule has 1 aliphatic heterocycles. The summed E-state index contributed by atoms with van der Waals surface area (Å²) in [4.78, 5) is 0. The van der Waals surface area contributed by atoms with E-state index in [2.05, 4.69) is 11.4 Å². The molecule has 0 saturated carbocycles. The molecular weight excluding hydrogens is 244 g/mol. The van der Waals surface area contributed by atoms with Gasteiger partial charge in [0.2, 0.25) is 0 Å². The van der Waals surface area contributed by atoms with Crippen molar-refractivity contribution in [2.45, 2.75) is 19.4 Å². The Labute approximate surface area is 111 Å². The van der Waals surface area contributed by atoms with Crippen molar-refractivity contribution in [2.24, 2.45) is 0 Å². The average Bonchev–Trinajstić information content (AvgIpc) is 2.38. The van der Waals surface area contributed by atoms with Gasteiger partial charge < -0.3 is 5.32 Å². The minimum Gasteiger partial charge on any atom is -0.312 e. The van der Waals surface area contributed by atoms with Gasteiger partial charge >= 0.3 is 0 Å². The molecule has 0 fully saturated rings. The van der Waals surface area contributed by atoms with Crippen molar-refractivity contribution in [1.82, 2.24) is 5.32 Å². The Morgan fingerprint density at radius 2 is 1.84 bits per heavy atom. The van der Waals surface area contributed by atoms with Crippen molar-refractivity contribution in [1.29, 1.82) is 0 Å². The number of rotatable bonds is 2. The number of fused-ring (bicyclic) bond motifs is 1. The fraction of sp³-hybridized carbons (Fsp3) is 0.250. The van der Waals surface area contributed by atoms with Gasteiger partial charge in [0.05, 0.1) is 0 Å². The second kappa shape index (κ2) is 5.10. The molecule has 3 heteroatoms. The summed E-state index contributed by atoms with van der Waals surface area (Å²) in [6, 6.07) is 9.89. The van der Waals surface area contributed by atoms with Crippen LogP contribution >= 0.6 is 0 Å². The van der Waals surface area contributed by atoms with Crippen molar-refractivity contribution in [3.8, 4) is 0 Å². The third-order valence-electron chi connectivity index (χ3n) is 3.55. The van der Waals surface area contributed by atoms with Crippen molar-refractivity contribution < 1.29 is 8.78 Å². The molecule has 1 aliphatic rings. The van der Waals surface area contributed by atoms with Crippen LogP contribution in [0.15, 0.2) is 36.4 Å². The van der Waals surface area contributed by atoms with Crippen molar-refractivity contribution in [3.63, 3.8) is 0 Å². The molecule has 0 aliphatic carbocycles. The highest BCUT2D eigenvalue weighted by molar-refractivity contribution is 5.40. The smallest absolute Gasteiger partial charge is 0.126 e. The second-order valence-corrected chi connectivity index (χ2v) is 4.94. The van der Waals surface area contributed by atoms with Crippen molar-refractivity contribution in [3.05, 3.63) is 70.3 Å². The first-order valence-electron chi connectivity index (χ1n) is 6.48. The SMILES string of the molecule is Fc1cc(F)cc(Cc2cccc3c2CCNC3)c1. The van der Waals surface area contributed by atoms with Gasteiger partial charge in [-0.2, -0.15) is 0 Å². The van der Waals surface area contributed by atoms with E-state index in [1.54, 1.807) is 0 Å². The van der Waals surface area contributed by atoms with Gasteiger partial charge in [-0.25, -0.2) is 8.78 Å². The Bertz CT molecular complexity index is 587. The Hall–Kier alpha value is -1.74. The molecular formula is C16H15F2N. The van der Waals surface area contributed by atoms with Gasteiger partial charge in [0.25, 0.3) is 0 Å². The summed E-state index contributed by atoms with van der Waals surface area (Å²) in [5.41, 5.74) is 4.47. The molecule has 0 unspecified atom stereocenters. The normalized spacial score (nSPS) is 14.2. The van der Waals surface area contributed by atoms with Crippen LogP contribution in [0, 0.1) is 11.6 Å². The van der Waals surface area contributed by atoms with Gasteiger partial charge in [-0.1, -0.05) is 18.2 Å². The third-order valence-corrected chi connectivity index (χ3v) is 3.55. The van der Waals surface area contributed by atoms with Crippen LogP contribution in [0.3, 0.4) is 0 Å². The predicted octanol–water partition coefficient (Wildman–Crippen LogP) is 3.20. The van der Waals surface area contributed by atoms with E-state index in [0.717, 1.165) is 25.6 Å². The van der Waals surface area contributed by atoms with E-state index in [9.17, 15) is 8.78 Å². The molecule has 0 saturated heterocycles.